The van der Waals surface area contributed by atoms with Crippen molar-refractivity contribution in [1.82, 2.24) is 0 Å². The summed E-state index contributed by atoms with van der Waals surface area (Å²) in [5.74, 6) is -1.99. The zero-order valence-electron chi connectivity index (χ0n) is 14.2. The Bertz CT molecular complexity index is 921. The third-order valence-corrected chi connectivity index (χ3v) is 4.30. The Morgan fingerprint density at radius 2 is 1.77 bits per heavy atom. The van der Waals surface area contributed by atoms with Gasteiger partial charge in [-0.05, 0) is 41.5 Å². The van der Waals surface area contributed by atoms with Crippen molar-refractivity contribution in [3.05, 3.63) is 65.7 Å². The molecule has 0 aliphatic carbocycles. The Kier molecular flexibility index (Phi) is 5.45. The molecule has 136 valence electrons. The minimum atomic E-state index is -3.12. The lowest BCUT2D eigenvalue weighted by molar-refractivity contribution is -0.0521. The fraction of sp³-hybridized carbons (Fsp3) is 0.238. The summed E-state index contributed by atoms with van der Waals surface area (Å²) in [4.78, 5) is 0. The van der Waals surface area contributed by atoms with E-state index in [4.69, 9.17) is 0 Å². The second-order valence-electron chi connectivity index (χ2n) is 6.11. The van der Waals surface area contributed by atoms with E-state index in [0.29, 0.717) is 5.39 Å². The first-order valence-electron chi connectivity index (χ1n) is 8.45. The molecule has 0 radical (unpaired) electrons. The summed E-state index contributed by atoms with van der Waals surface area (Å²) in [5, 5.41) is 1.22. The van der Waals surface area contributed by atoms with Crippen LogP contribution in [0.4, 0.5) is 17.6 Å². The predicted molar refractivity (Wildman–Crippen MR) is 94.5 cm³/mol. The van der Waals surface area contributed by atoms with Gasteiger partial charge < -0.3 is 4.74 Å². The quantitative estimate of drug-likeness (QED) is 0.442. The van der Waals surface area contributed by atoms with Crippen LogP contribution < -0.4 is 4.74 Å². The summed E-state index contributed by atoms with van der Waals surface area (Å²) in [6.07, 6.45) is 3.09. The number of halogens is 4. The van der Waals surface area contributed by atoms with Gasteiger partial charge in [0.2, 0.25) is 0 Å². The molecule has 0 spiro atoms. The van der Waals surface area contributed by atoms with E-state index < -0.39 is 24.0 Å². The molecule has 0 aromatic heterocycles. The highest BCUT2D eigenvalue weighted by atomic mass is 19.3. The topological polar surface area (TPSA) is 9.23 Å². The van der Waals surface area contributed by atoms with E-state index in [1.165, 1.54) is 6.07 Å². The smallest absolute Gasteiger partial charge is 0.387 e. The van der Waals surface area contributed by atoms with Crippen LogP contribution in [0.1, 0.15) is 25.3 Å². The molecule has 0 N–H and O–H groups in total. The van der Waals surface area contributed by atoms with Gasteiger partial charge >= 0.3 is 6.61 Å². The van der Waals surface area contributed by atoms with Gasteiger partial charge in [0.15, 0.2) is 11.6 Å². The van der Waals surface area contributed by atoms with Crippen LogP contribution in [-0.2, 0) is 6.42 Å². The van der Waals surface area contributed by atoms with Gasteiger partial charge in [-0.2, -0.15) is 8.78 Å². The molecule has 0 saturated carbocycles. The first-order chi connectivity index (χ1) is 12.5. The average molecular weight is 362 g/mol. The molecule has 0 saturated heterocycles. The third-order valence-electron chi connectivity index (χ3n) is 4.30. The minimum Gasteiger partial charge on any atom is -0.432 e. The van der Waals surface area contributed by atoms with Crippen molar-refractivity contribution in [3.63, 3.8) is 0 Å². The molecule has 0 aliphatic rings. The first-order valence-corrected chi connectivity index (χ1v) is 8.45. The van der Waals surface area contributed by atoms with Crippen LogP contribution in [0.25, 0.3) is 21.9 Å². The number of benzene rings is 3. The van der Waals surface area contributed by atoms with E-state index in [1.54, 1.807) is 18.2 Å². The maximum Gasteiger partial charge on any atom is 0.387 e. The van der Waals surface area contributed by atoms with Crippen molar-refractivity contribution in [3.8, 4) is 16.9 Å². The van der Waals surface area contributed by atoms with E-state index >= 15 is 0 Å². The zero-order chi connectivity index (χ0) is 18.7. The minimum absolute atomic E-state index is 0.210. The number of fused-ring (bicyclic) bond motifs is 1. The van der Waals surface area contributed by atoms with Gasteiger partial charge in [0.25, 0.3) is 0 Å². The second-order valence-corrected chi connectivity index (χ2v) is 6.11. The van der Waals surface area contributed by atoms with Crippen LogP contribution in [0.5, 0.6) is 5.75 Å². The van der Waals surface area contributed by atoms with Crippen LogP contribution in [0.2, 0.25) is 0 Å². The van der Waals surface area contributed by atoms with E-state index in [1.807, 2.05) is 12.1 Å². The number of rotatable bonds is 6. The summed E-state index contributed by atoms with van der Waals surface area (Å²) >= 11 is 0. The van der Waals surface area contributed by atoms with Crippen LogP contribution in [0, 0.1) is 11.6 Å². The molecule has 1 nitrogen and oxygen atoms in total. The molecule has 0 atom stereocenters. The molecule has 0 amide bonds. The number of unbranched alkanes of at least 4 members (excludes halogenated alkanes) is 1. The van der Waals surface area contributed by atoms with E-state index in [2.05, 4.69) is 11.7 Å². The van der Waals surface area contributed by atoms with Gasteiger partial charge in [-0.1, -0.05) is 49.7 Å². The van der Waals surface area contributed by atoms with Gasteiger partial charge in [-0.25, -0.2) is 8.78 Å². The maximum absolute atomic E-state index is 14.9. The molecule has 0 heterocycles. The summed E-state index contributed by atoms with van der Waals surface area (Å²) in [5.41, 5.74) is 1.62. The van der Waals surface area contributed by atoms with Crippen molar-refractivity contribution in [2.24, 2.45) is 0 Å². The Labute approximate surface area is 149 Å². The molecule has 5 heteroatoms. The molecule has 3 aromatic rings. The average Bonchev–Trinajstić information content (AvgIpc) is 2.61. The van der Waals surface area contributed by atoms with Crippen molar-refractivity contribution in [2.45, 2.75) is 32.8 Å². The highest BCUT2D eigenvalue weighted by Crippen LogP contribution is 2.32. The fourth-order valence-corrected chi connectivity index (χ4v) is 2.96. The van der Waals surface area contributed by atoms with Gasteiger partial charge in [-0.3, -0.25) is 0 Å². The Morgan fingerprint density at radius 1 is 0.962 bits per heavy atom. The lowest BCUT2D eigenvalue weighted by atomic mass is 9.97. The molecule has 0 fully saturated rings. The van der Waals surface area contributed by atoms with Gasteiger partial charge in [-0.15, -0.1) is 0 Å². The summed E-state index contributed by atoms with van der Waals surface area (Å²) in [6.45, 7) is -1.00. The highest BCUT2D eigenvalue weighted by Gasteiger charge is 2.14. The first kappa shape index (κ1) is 18.2. The van der Waals surface area contributed by atoms with Gasteiger partial charge in [0, 0.05) is 10.9 Å². The van der Waals surface area contributed by atoms with Crippen LogP contribution >= 0.6 is 0 Å². The molecule has 3 aromatic carbocycles. The molecule has 0 bridgehead atoms. The Balaban J connectivity index is 1.98. The summed E-state index contributed by atoms with van der Waals surface area (Å²) < 4.78 is 57.4. The Morgan fingerprint density at radius 3 is 2.46 bits per heavy atom. The zero-order valence-corrected chi connectivity index (χ0v) is 14.2. The number of hydrogen-bond donors (Lipinski definition) is 0. The van der Waals surface area contributed by atoms with E-state index in [0.717, 1.165) is 42.3 Å². The largest absolute Gasteiger partial charge is 0.432 e. The monoisotopic (exact) mass is 362 g/mol. The molecular formula is C21H18F4O. The van der Waals surface area contributed by atoms with Crippen molar-refractivity contribution in [1.29, 1.82) is 0 Å². The van der Waals surface area contributed by atoms with E-state index in [-0.39, 0.29) is 11.1 Å². The fourth-order valence-electron chi connectivity index (χ4n) is 2.96. The number of ether oxygens (including phenoxy) is 1. The van der Waals surface area contributed by atoms with Crippen molar-refractivity contribution >= 4 is 10.8 Å². The number of aryl methyl sites for hydroxylation is 1. The Hall–Kier alpha value is -2.56. The van der Waals surface area contributed by atoms with Gasteiger partial charge in [0.05, 0.1) is 0 Å². The van der Waals surface area contributed by atoms with Crippen LogP contribution in [-0.4, -0.2) is 6.61 Å². The third kappa shape index (κ3) is 3.82. The summed E-state index contributed by atoms with van der Waals surface area (Å²) in [6, 6.07) is 12.4. The summed E-state index contributed by atoms with van der Waals surface area (Å²) in [7, 11) is 0. The lowest BCUT2D eigenvalue weighted by Gasteiger charge is -2.11. The molecule has 0 unspecified atom stereocenters. The normalized spacial score (nSPS) is 11.3. The standard InChI is InChI=1S/C21H18F4O/c1-2-3-4-13-5-8-16-14(11-13)6-9-17(20(16)23)15-7-10-19(18(22)12-15)26-21(24)25/h5-12,21H,2-4H2,1H3. The van der Waals surface area contributed by atoms with Crippen molar-refractivity contribution < 1.29 is 22.3 Å². The number of alkyl halides is 2. The second kappa shape index (κ2) is 7.77. The lowest BCUT2D eigenvalue weighted by Crippen LogP contribution is -2.03. The predicted octanol–water partition coefficient (Wildman–Crippen LogP) is 6.73. The molecule has 0 aliphatic heterocycles. The SMILES string of the molecule is CCCCc1ccc2c(F)c(-c3ccc(OC(F)F)c(F)c3)ccc2c1. The van der Waals surface area contributed by atoms with Crippen LogP contribution in [0.3, 0.4) is 0 Å². The van der Waals surface area contributed by atoms with Crippen molar-refractivity contribution in [2.75, 3.05) is 0 Å². The van der Waals surface area contributed by atoms with E-state index in [9.17, 15) is 17.6 Å². The number of hydrogen-bond acceptors (Lipinski definition) is 1. The van der Waals surface area contributed by atoms with Crippen LogP contribution in [0.15, 0.2) is 48.5 Å². The molecule has 3 rings (SSSR count). The molecular weight excluding hydrogens is 344 g/mol. The maximum atomic E-state index is 14.9. The molecule has 26 heavy (non-hydrogen) atoms. The highest BCUT2D eigenvalue weighted by molar-refractivity contribution is 5.88. The van der Waals surface area contributed by atoms with Gasteiger partial charge in [0.1, 0.15) is 5.82 Å².